The molecule has 0 aromatic rings. The molecule has 8 heavy (non-hydrogen) atoms. The first kappa shape index (κ1) is 7.92. The third-order valence-electron chi connectivity index (χ3n) is 0.811. The molecule has 0 aromatic heterocycles. The summed E-state index contributed by atoms with van der Waals surface area (Å²) in [7, 11) is 0. The molecular weight excluding hydrogens is 102 g/mol. The molecule has 0 aliphatic rings. The van der Waals surface area contributed by atoms with Crippen molar-refractivity contribution in [1.82, 2.24) is 0 Å². The maximum absolute atomic E-state index is 5.24. The van der Waals surface area contributed by atoms with Crippen molar-refractivity contribution < 1.29 is 4.74 Å². The van der Waals surface area contributed by atoms with E-state index >= 15 is 0 Å². The minimum atomic E-state index is 0.754. The van der Waals surface area contributed by atoms with Crippen LogP contribution in [0.2, 0.25) is 0 Å². The lowest BCUT2D eigenvalue weighted by atomic mass is 10.3. The van der Waals surface area contributed by atoms with Crippen LogP contribution in [0.1, 0.15) is 19.8 Å². The minimum absolute atomic E-state index is 0.754. The topological polar surface area (TPSA) is 35.2 Å². The van der Waals surface area contributed by atoms with Gasteiger partial charge in [-0.15, -0.1) is 0 Å². The van der Waals surface area contributed by atoms with Crippen LogP contribution < -0.4 is 5.73 Å². The average molecular weight is 116 g/mol. The summed E-state index contributed by atoms with van der Waals surface area (Å²) in [6.07, 6.45) is 2.00. The molecule has 0 saturated heterocycles. The van der Waals surface area contributed by atoms with E-state index in [1.54, 1.807) is 0 Å². The molecule has 2 heteroatoms. The van der Waals surface area contributed by atoms with Crippen molar-refractivity contribution in [2.75, 3.05) is 13.2 Å². The summed E-state index contributed by atoms with van der Waals surface area (Å²) in [6.45, 7) is 5.31. The quantitative estimate of drug-likeness (QED) is 0.542. The van der Waals surface area contributed by atoms with Crippen LogP contribution in [-0.4, -0.2) is 13.2 Å². The van der Waals surface area contributed by atoms with Gasteiger partial charge < -0.3 is 10.5 Å². The van der Waals surface area contributed by atoms with Gasteiger partial charge in [-0.1, -0.05) is 0 Å². The van der Waals surface area contributed by atoms with Gasteiger partial charge in [0.25, 0.3) is 0 Å². The molecule has 0 aromatic carbocycles. The number of unbranched alkanes of at least 4 members (excludes halogenated alkanes) is 1. The molecule has 0 aliphatic heterocycles. The molecule has 0 heterocycles. The summed E-state index contributed by atoms with van der Waals surface area (Å²) in [4.78, 5) is 0. The zero-order valence-electron chi connectivity index (χ0n) is 5.39. The van der Waals surface area contributed by atoms with Crippen molar-refractivity contribution >= 4 is 0 Å². The Kier molecular flexibility index (Phi) is 6.85. The Bertz CT molecular complexity index is 33.5. The number of rotatable bonds is 5. The number of hydrogen-bond acceptors (Lipinski definition) is 2. The summed E-state index contributed by atoms with van der Waals surface area (Å²) >= 11 is 0. The van der Waals surface area contributed by atoms with E-state index < -0.39 is 0 Å². The molecule has 2 N–H and O–H groups in total. The molecule has 49 valence electrons. The first-order chi connectivity index (χ1) is 3.91. The van der Waals surface area contributed by atoms with E-state index in [4.69, 9.17) is 10.5 Å². The minimum Gasteiger partial charge on any atom is -0.376 e. The lowest BCUT2D eigenvalue weighted by Crippen LogP contribution is -1.98. The van der Waals surface area contributed by atoms with Gasteiger partial charge in [0.15, 0.2) is 0 Å². The van der Waals surface area contributed by atoms with Gasteiger partial charge in [0.05, 0.1) is 6.61 Å². The largest absolute Gasteiger partial charge is 0.376 e. The summed E-state index contributed by atoms with van der Waals surface area (Å²) < 4.78 is 4.96. The third-order valence-corrected chi connectivity index (χ3v) is 0.811. The van der Waals surface area contributed by atoms with Gasteiger partial charge in [-0.2, -0.15) is 0 Å². The summed E-state index contributed by atoms with van der Waals surface area (Å²) in [5.74, 6) is 0. The second-order valence-electron chi connectivity index (χ2n) is 1.55. The molecule has 2 nitrogen and oxygen atoms in total. The van der Waals surface area contributed by atoms with Crippen molar-refractivity contribution in [1.29, 1.82) is 0 Å². The van der Waals surface area contributed by atoms with E-state index in [9.17, 15) is 0 Å². The van der Waals surface area contributed by atoms with Crippen molar-refractivity contribution in [3.8, 4) is 0 Å². The molecule has 0 aliphatic carbocycles. The van der Waals surface area contributed by atoms with Gasteiger partial charge >= 0.3 is 0 Å². The van der Waals surface area contributed by atoms with E-state index in [-0.39, 0.29) is 0 Å². The van der Waals surface area contributed by atoms with Crippen LogP contribution in [0.15, 0.2) is 0 Å². The van der Waals surface area contributed by atoms with Gasteiger partial charge in [-0.3, -0.25) is 0 Å². The van der Waals surface area contributed by atoms with E-state index in [0.717, 1.165) is 26.0 Å². The maximum atomic E-state index is 5.24. The van der Waals surface area contributed by atoms with Gasteiger partial charge in [0, 0.05) is 6.61 Å². The van der Waals surface area contributed by atoms with Gasteiger partial charge in [0.2, 0.25) is 0 Å². The van der Waals surface area contributed by atoms with Crippen LogP contribution in [0, 0.1) is 6.61 Å². The highest BCUT2D eigenvalue weighted by Crippen LogP contribution is 1.91. The Balaban J connectivity index is 2.53. The van der Waals surface area contributed by atoms with E-state index in [0.29, 0.717) is 0 Å². The van der Waals surface area contributed by atoms with Crippen molar-refractivity contribution in [3.63, 3.8) is 0 Å². The molecule has 0 saturated carbocycles. The average Bonchev–Trinajstić information content (AvgIpc) is 1.81. The Hall–Kier alpha value is -0.0800. The smallest absolute Gasteiger partial charge is 0.0837 e. The highest BCUT2D eigenvalue weighted by atomic mass is 16.5. The standard InChI is InChI=1S/C6H14NO/c1-2-8-6-4-3-5-7/h6H,2-5,7H2,1H3. The predicted octanol–water partition coefficient (Wildman–Crippen LogP) is 0.924. The van der Waals surface area contributed by atoms with Crippen molar-refractivity contribution in [2.24, 2.45) is 5.73 Å². The molecule has 0 amide bonds. The van der Waals surface area contributed by atoms with E-state index in [2.05, 4.69) is 0 Å². The number of hydrogen-bond donors (Lipinski definition) is 1. The first-order valence-electron chi connectivity index (χ1n) is 3.05. The highest BCUT2D eigenvalue weighted by molar-refractivity contribution is 4.49. The fourth-order valence-electron chi connectivity index (χ4n) is 0.402. The first-order valence-corrected chi connectivity index (χ1v) is 3.05. The second kappa shape index (κ2) is 6.92. The third kappa shape index (κ3) is 5.92. The Morgan fingerprint density at radius 3 is 2.88 bits per heavy atom. The highest BCUT2D eigenvalue weighted by Gasteiger charge is 1.83. The summed E-state index contributed by atoms with van der Waals surface area (Å²) in [5, 5.41) is 0. The van der Waals surface area contributed by atoms with Crippen molar-refractivity contribution in [3.05, 3.63) is 6.61 Å². The Morgan fingerprint density at radius 2 is 2.38 bits per heavy atom. The van der Waals surface area contributed by atoms with Crippen LogP contribution in [0.5, 0.6) is 0 Å². The van der Waals surface area contributed by atoms with Gasteiger partial charge in [-0.05, 0) is 26.3 Å². The summed E-state index contributed by atoms with van der Waals surface area (Å²) in [6, 6.07) is 0. The van der Waals surface area contributed by atoms with Crippen LogP contribution in [-0.2, 0) is 4.74 Å². The molecule has 0 rings (SSSR count). The number of nitrogens with two attached hydrogens (primary N) is 1. The molecule has 0 bridgehead atoms. The predicted molar refractivity (Wildman–Crippen MR) is 34.2 cm³/mol. The van der Waals surface area contributed by atoms with Crippen LogP contribution >= 0.6 is 0 Å². The molecule has 0 atom stereocenters. The van der Waals surface area contributed by atoms with Gasteiger partial charge in [0.1, 0.15) is 0 Å². The maximum Gasteiger partial charge on any atom is 0.0837 e. The second-order valence-corrected chi connectivity index (χ2v) is 1.55. The molecule has 0 fully saturated rings. The van der Waals surface area contributed by atoms with Gasteiger partial charge in [-0.25, -0.2) is 0 Å². The lowest BCUT2D eigenvalue weighted by Gasteiger charge is -1.95. The van der Waals surface area contributed by atoms with Crippen LogP contribution in [0.3, 0.4) is 0 Å². The van der Waals surface area contributed by atoms with Crippen molar-refractivity contribution in [2.45, 2.75) is 19.8 Å². The monoisotopic (exact) mass is 116 g/mol. The molecule has 0 spiro atoms. The van der Waals surface area contributed by atoms with Crippen LogP contribution in [0.4, 0.5) is 0 Å². The normalized spacial score (nSPS) is 9.75. The molecular formula is C6H14NO. The van der Waals surface area contributed by atoms with E-state index in [1.807, 2.05) is 13.5 Å². The fourth-order valence-corrected chi connectivity index (χ4v) is 0.402. The fraction of sp³-hybridized carbons (Fsp3) is 0.833. The molecule has 1 radical (unpaired) electrons. The number of ether oxygens (including phenoxy) is 1. The van der Waals surface area contributed by atoms with E-state index in [1.165, 1.54) is 0 Å². The lowest BCUT2D eigenvalue weighted by molar-refractivity contribution is 0.206. The Labute approximate surface area is 51.0 Å². The summed E-state index contributed by atoms with van der Waals surface area (Å²) in [5.41, 5.74) is 5.24. The zero-order valence-corrected chi connectivity index (χ0v) is 5.39. The Morgan fingerprint density at radius 1 is 1.62 bits per heavy atom. The SMILES string of the molecule is CCO[CH]CCCN. The zero-order chi connectivity index (χ0) is 6.24. The molecule has 0 unspecified atom stereocenters. The van der Waals surface area contributed by atoms with Crippen LogP contribution in [0.25, 0.3) is 0 Å².